The van der Waals surface area contributed by atoms with Gasteiger partial charge in [-0.25, -0.2) is 9.82 Å². The van der Waals surface area contributed by atoms with E-state index in [-0.39, 0.29) is 17.8 Å². The number of halogens is 1. The molecule has 130 valence electrons. The Kier molecular flexibility index (Phi) is 5.87. The summed E-state index contributed by atoms with van der Waals surface area (Å²) in [5, 5.41) is 4.02. The van der Waals surface area contributed by atoms with Crippen LogP contribution in [0, 0.1) is 5.82 Å². The number of hydrazone groups is 1. The zero-order valence-electron chi connectivity index (χ0n) is 13.8. The number of nitrogens with zero attached hydrogens (tertiary/aromatic N) is 1. The third-order valence-corrected chi connectivity index (χ3v) is 4.20. The summed E-state index contributed by atoms with van der Waals surface area (Å²) in [4.78, 5) is 13.9. The number of rotatable bonds is 5. The molecular weight excluding hydrogens is 321 g/mol. The molecule has 1 saturated heterocycles. The van der Waals surface area contributed by atoms with Gasteiger partial charge >= 0.3 is 5.91 Å². The van der Waals surface area contributed by atoms with Gasteiger partial charge in [-0.1, -0.05) is 42.5 Å². The van der Waals surface area contributed by atoms with Gasteiger partial charge in [-0.2, -0.15) is 5.10 Å². The standard InChI is InChI=1S/C19H20FN3O2/c20-17-8-6-15(7-9-17)14-21-22-19(24)18(16-4-2-1-3-5-16)23-10-12-25-13-11-23/h1-9,14,18H,10-13H2,(H,22,24)/p+1/t18-/m1/s1. The van der Waals surface area contributed by atoms with Gasteiger partial charge in [-0.3, -0.25) is 4.79 Å². The topological polar surface area (TPSA) is 55.1 Å². The number of amides is 1. The van der Waals surface area contributed by atoms with Gasteiger partial charge in [0.05, 0.1) is 19.4 Å². The lowest BCUT2D eigenvalue weighted by atomic mass is 10.0. The van der Waals surface area contributed by atoms with E-state index in [0.717, 1.165) is 29.1 Å². The van der Waals surface area contributed by atoms with Crippen LogP contribution in [-0.4, -0.2) is 38.4 Å². The Balaban J connectivity index is 1.71. The zero-order chi connectivity index (χ0) is 17.5. The van der Waals surface area contributed by atoms with Crippen molar-refractivity contribution < 1.29 is 18.8 Å². The van der Waals surface area contributed by atoms with Gasteiger partial charge in [0.2, 0.25) is 0 Å². The SMILES string of the molecule is O=C(NN=Cc1ccc(F)cc1)[C@@H](c1ccccc1)[NH+]1CCOCC1. The number of hydrogen-bond donors (Lipinski definition) is 2. The molecule has 2 aromatic rings. The first-order valence-electron chi connectivity index (χ1n) is 8.30. The summed E-state index contributed by atoms with van der Waals surface area (Å²) >= 11 is 0. The summed E-state index contributed by atoms with van der Waals surface area (Å²) in [5.41, 5.74) is 4.29. The van der Waals surface area contributed by atoms with E-state index in [0.29, 0.717) is 13.2 Å². The molecule has 0 saturated carbocycles. The molecule has 1 aliphatic heterocycles. The molecule has 25 heavy (non-hydrogen) atoms. The van der Waals surface area contributed by atoms with Gasteiger partial charge in [-0.05, 0) is 17.7 Å². The number of nitrogens with one attached hydrogen (secondary N) is 2. The fourth-order valence-electron chi connectivity index (χ4n) is 2.92. The average Bonchev–Trinajstić information content (AvgIpc) is 2.65. The Bertz CT molecular complexity index is 713. The van der Waals surface area contributed by atoms with E-state index in [1.54, 1.807) is 12.1 Å². The maximum absolute atomic E-state index is 12.9. The molecule has 2 aromatic carbocycles. The number of hydrogen-bond acceptors (Lipinski definition) is 3. The van der Waals surface area contributed by atoms with E-state index >= 15 is 0 Å². The molecular formula is C19H21FN3O2+. The third-order valence-electron chi connectivity index (χ3n) is 4.20. The number of morpholine rings is 1. The number of quaternary nitrogens is 1. The molecule has 1 heterocycles. The fourth-order valence-corrected chi connectivity index (χ4v) is 2.92. The molecule has 3 rings (SSSR count). The maximum atomic E-state index is 12.9. The second-order valence-electron chi connectivity index (χ2n) is 5.90. The summed E-state index contributed by atoms with van der Waals surface area (Å²) in [5.74, 6) is -0.470. The molecule has 2 N–H and O–H groups in total. The normalized spacial score (nSPS) is 16.7. The lowest BCUT2D eigenvalue weighted by Crippen LogP contribution is -3.15. The summed E-state index contributed by atoms with van der Waals surface area (Å²) in [7, 11) is 0. The minimum absolute atomic E-state index is 0.165. The summed E-state index contributed by atoms with van der Waals surface area (Å²) in [6.07, 6.45) is 1.51. The Morgan fingerprint density at radius 2 is 1.80 bits per heavy atom. The van der Waals surface area contributed by atoms with Crippen molar-refractivity contribution in [1.82, 2.24) is 5.43 Å². The maximum Gasteiger partial charge on any atom is 0.303 e. The predicted octanol–water partition coefficient (Wildman–Crippen LogP) is 0.932. The first-order chi connectivity index (χ1) is 12.2. The van der Waals surface area contributed by atoms with E-state index in [9.17, 15) is 9.18 Å². The lowest BCUT2D eigenvalue weighted by molar-refractivity contribution is -0.929. The van der Waals surface area contributed by atoms with Gasteiger partial charge in [0.25, 0.3) is 0 Å². The second-order valence-corrected chi connectivity index (χ2v) is 5.90. The Morgan fingerprint density at radius 3 is 2.48 bits per heavy atom. The van der Waals surface area contributed by atoms with Crippen LogP contribution < -0.4 is 10.3 Å². The summed E-state index contributed by atoms with van der Waals surface area (Å²) < 4.78 is 18.3. The molecule has 0 radical (unpaired) electrons. The molecule has 5 nitrogen and oxygen atoms in total. The highest BCUT2D eigenvalue weighted by Gasteiger charge is 2.32. The van der Waals surface area contributed by atoms with E-state index in [4.69, 9.17) is 4.74 Å². The molecule has 6 heteroatoms. The van der Waals surface area contributed by atoms with Crippen LogP contribution in [0.15, 0.2) is 59.7 Å². The van der Waals surface area contributed by atoms with Crippen LogP contribution >= 0.6 is 0 Å². The number of carbonyl (C=O) groups excluding carboxylic acids is 1. The Hall–Kier alpha value is -2.57. The Morgan fingerprint density at radius 1 is 1.12 bits per heavy atom. The van der Waals surface area contributed by atoms with E-state index in [2.05, 4.69) is 10.5 Å². The smallest absolute Gasteiger partial charge is 0.303 e. The summed E-state index contributed by atoms with van der Waals surface area (Å²) in [6, 6.07) is 15.3. The molecule has 1 atom stereocenters. The van der Waals surface area contributed by atoms with Crippen molar-refractivity contribution in [1.29, 1.82) is 0 Å². The van der Waals surface area contributed by atoms with Gasteiger partial charge < -0.3 is 9.64 Å². The highest BCUT2D eigenvalue weighted by molar-refractivity contribution is 5.84. The van der Waals surface area contributed by atoms with Crippen molar-refractivity contribution in [3.05, 3.63) is 71.5 Å². The Labute approximate surface area is 146 Å². The number of carbonyl (C=O) groups is 1. The third kappa shape index (κ3) is 4.71. The molecule has 0 aromatic heterocycles. The quantitative estimate of drug-likeness (QED) is 0.627. The molecule has 0 spiro atoms. The molecule has 0 bridgehead atoms. The van der Waals surface area contributed by atoms with Crippen LogP contribution in [0.25, 0.3) is 0 Å². The van der Waals surface area contributed by atoms with Crippen LogP contribution in [0.5, 0.6) is 0 Å². The first-order valence-corrected chi connectivity index (χ1v) is 8.30. The average molecular weight is 342 g/mol. The molecule has 1 amide bonds. The predicted molar refractivity (Wildman–Crippen MR) is 92.8 cm³/mol. The van der Waals surface area contributed by atoms with Crippen molar-refractivity contribution in [2.45, 2.75) is 6.04 Å². The van der Waals surface area contributed by atoms with Crippen LogP contribution in [0.4, 0.5) is 4.39 Å². The molecule has 1 fully saturated rings. The monoisotopic (exact) mass is 342 g/mol. The van der Waals surface area contributed by atoms with E-state index < -0.39 is 0 Å². The molecule has 1 aliphatic rings. The van der Waals surface area contributed by atoms with Gasteiger partial charge in [0, 0.05) is 5.56 Å². The zero-order valence-corrected chi connectivity index (χ0v) is 13.8. The van der Waals surface area contributed by atoms with Gasteiger partial charge in [0.15, 0.2) is 6.04 Å². The first kappa shape index (κ1) is 17.3. The van der Waals surface area contributed by atoms with Crippen molar-refractivity contribution in [3.63, 3.8) is 0 Å². The second kappa shape index (κ2) is 8.50. The molecule has 0 unspecified atom stereocenters. The number of ether oxygens (including phenoxy) is 1. The minimum atomic E-state index is -0.338. The van der Waals surface area contributed by atoms with E-state index in [1.165, 1.54) is 18.3 Å². The lowest BCUT2D eigenvalue weighted by Gasteiger charge is -2.30. The summed E-state index contributed by atoms with van der Waals surface area (Å²) in [6.45, 7) is 2.83. The number of benzene rings is 2. The van der Waals surface area contributed by atoms with Crippen LogP contribution in [0.2, 0.25) is 0 Å². The van der Waals surface area contributed by atoms with Crippen LogP contribution in [0.1, 0.15) is 17.2 Å². The highest BCUT2D eigenvalue weighted by atomic mass is 19.1. The van der Waals surface area contributed by atoms with Gasteiger partial charge in [-0.15, -0.1) is 0 Å². The highest BCUT2D eigenvalue weighted by Crippen LogP contribution is 2.10. The van der Waals surface area contributed by atoms with E-state index in [1.807, 2.05) is 30.3 Å². The van der Waals surface area contributed by atoms with Crippen LogP contribution in [0.3, 0.4) is 0 Å². The van der Waals surface area contributed by atoms with Crippen LogP contribution in [-0.2, 0) is 9.53 Å². The minimum Gasteiger partial charge on any atom is -0.370 e. The van der Waals surface area contributed by atoms with Crippen molar-refractivity contribution in [2.75, 3.05) is 26.3 Å². The van der Waals surface area contributed by atoms with Crippen molar-refractivity contribution in [2.24, 2.45) is 5.10 Å². The largest absolute Gasteiger partial charge is 0.370 e. The fraction of sp³-hybridized carbons (Fsp3) is 0.263. The van der Waals surface area contributed by atoms with Crippen molar-refractivity contribution >= 4 is 12.1 Å². The van der Waals surface area contributed by atoms with Crippen molar-refractivity contribution in [3.8, 4) is 0 Å². The van der Waals surface area contributed by atoms with Gasteiger partial charge in [0.1, 0.15) is 18.9 Å². The molecule has 0 aliphatic carbocycles.